The number of aryl methyl sites for hydroxylation is 1. The zero-order chi connectivity index (χ0) is 12.2. The van der Waals surface area contributed by atoms with Crippen molar-refractivity contribution in [3.63, 3.8) is 0 Å². The van der Waals surface area contributed by atoms with Crippen LogP contribution in [0.3, 0.4) is 0 Å². The Bertz CT molecular complexity index is 649. The van der Waals surface area contributed by atoms with E-state index in [0.717, 1.165) is 3.82 Å². The molecule has 0 bridgehead atoms. The fourth-order valence-electron chi connectivity index (χ4n) is 2.28. The average molecular weight is 279 g/mol. The first kappa shape index (κ1) is 11.4. The fourth-order valence-corrected chi connectivity index (χ4v) is 5.54. The molecule has 0 saturated carbocycles. The molecule has 1 N–H and O–H groups in total. The van der Waals surface area contributed by atoms with E-state index in [0.29, 0.717) is 0 Å². The van der Waals surface area contributed by atoms with Crippen LogP contribution >= 0.6 is 32.9 Å². The molecule has 2 heterocycles. The van der Waals surface area contributed by atoms with Crippen LogP contribution < -0.4 is 5.32 Å². The van der Waals surface area contributed by atoms with Gasteiger partial charge >= 0.3 is 0 Å². The Morgan fingerprint density at radius 1 is 1.24 bits per heavy atom. The lowest BCUT2D eigenvalue weighted by atomic mass is 9.89. The molecule has 1 nitrogen and oxygen atoms in total. The van der Waals surface area contributed by atoms with E-state index in [9.17, 15) is 0 Å². The Hall–Kier alpha value is -0.710. The summed E-state index contributed by atoms with van der Waals surface area (Å²) in [4.78, 5) is 1.36. The highest BCUT2D eigenvalue weighted by atomic mass is 32.9. The molecular weight excluding hydrogens is 266 g/mol. The summed E-state index contributed by atoms with van der Waals surface area (Å²) in [5.41, 5.74) is 5.00. The normalized spacial score (nSPS) is 15.9. The maximum Gasteiger partial charge on any atom is 0.110 e. The van der Waals surface area contributed by atoms with Crippen LogP contribution in [0.1, 0.15) is 24.3 Å². The summed E-state index contributed by atoms with van der Waals surface area (Å²) in [6.07, 6.45) is 0. The van der Waals surface area contributed by atoms with Gasteiger partial charge in [-0.05, 0) is 32.4 Å². The maximum absolute atomic E-state index is 5.48. The highest BCUT2D eigenvalue weighted by molar-refractivity contribution is 7.80. The molecule has 2 aromatic rings. The first-order chi connectivity index (χ1) is 7.99. The molecule has 0 saturated heterocycles. The van der Waals surface area contributed by atoms with Crippen molar-refractivity contribution in [2.45, 2.75) is 26.3 Å². The van der Waals surface area contributed by atoms with Gasteiger partial charge in [-0.2, -0.15) is 0 Å². The quantitative estimate of drug-likeness (QED) is 0.527. The van der Waals surface area contributed by atoms with Crippen LogP contribution in [0.2, 0.25) is 0 Å². The van der Waals surface area contributed by atoms with Gasteiger partial charge in [0.15, 0.2) is 0 Å². The Morgan fingerprint density at radius 3 is 2.76 bits per heavy atom. The van der Waals surface area contributed by atoms with E-state index in [1.807, 2.05) is 0 Å². The molecule has 4 heteroatoms. The van der Waals surface area contributed by atoms with E-state index in [4.69, 9.17) is 12.2 Å². The highest BCUT2D eigenvalue weighted by Gasteiger charge is 2.32. The fraction of sp³-hybridized carbons (Fsp3) is 0.308. The van der Waals surface area contributed by atoms with Crippen molar-refractivity contribution >= 4 is 38.6 Å². The van der Waals surface area contributed by atoms with Crippen LogP contribution in [0.5, 0.6) is 0 Å². The lowest BCUT2D eigenvalue weighted by molar-refractivity contribution is 0.620. The summed E-state index contributed by atoms with van der Waals surface area (Å²) >= 11 is 5.48. The summed E-state index contributed by atoms with van der Waals surface area (Å²) in [6, 6.07) is 6.54. The van der Waals surface area contributed by atoms with E-state index in [-0.39, 0.29) is 5.54 Å². The summed E-state index contributed by atoms with van der Waals surface area (Å²) in [5, 5.41) is 3.62. The molecule has 0 atom stereocenters. The van der Waals surface area contributed by atoms with Gasteiger partial charge in [-0.1, -0.05) is 45.0 Å². The number of fused-ring (bicyclic) bond motifs is 3. The van der Waals surface area contributed by atoms with E-state index in [1.165, 1.54) is 27.3 Å². The van der Waals surface area contributed by atoms with Gasteiger partial charge < -0.3 is 5.32 Å². The van der Waals surface area contributed by atoms with Crippen molar-refractivity contribution < 1.29 is 0 Å². The summed E-state index contributed by atoms with van der Waals surface area (Å²) in [6.45, 7) is 6.56. The van der Waals surface area contributed by atoms with E-state index in [1.54, 1.807) is 20.7 Å². The van der Waals surface area contributed by atoms with Crippen molar-refractivity contribution in [1.82, 2.24) is 0 Å². The zero-order valence-electron chi connectivity index (χ0n) is 9.96. The van der Waals surface area contributed by atoms with Gasteiger partial charge in [0, 0.05) is 16.8 Å². The second-order valence-corrected chi connectivity index (χ2v) is 7.77. The van der Waals surface area contributed by atoms with Crippen molar-refractivity contribution in [2.24, 2.45) is 0 Å². The Labute approximate surface area is 114 Å². The average Bonchev–Trinajstić information content (AvgIpc) is 2.61. The smallest absolute Gasteiger partial charge is 0.110 e. The van der Waals surface area contributed by atoms with Gasteiger partial charge in [0.2, 0.25) is 0 Å². The lowest BCUT2D eigenvalue weighted by Crippen LogP contribution is -2.30. The van der Waals surface area contributed by atoms with Crippen LogP contribution in [-0.4, -0.2) is 0 Å². The predicted molar refractivity (Wildman–Crippen MR) is 79.9 cm³/mol. The summed E-state index contributed by atoms with van der Waals surface area (Å²) in [5.74, 6) is 0. The minimum absolute atomic E-state index is 0.0195. The third-order valence-corrected chi connectivity index (χ3v) is 6.43. The molecule has 0 radical (unpaired) electrons. The molecule has 88 valence electrons. The molecule has 1 aromatic carbocycles. The largest absolute Gasteiger partial charge is 0.375 e. The zero-order valence-corrected chi connectivity index (χ0v) is 12.4. The minimum Gasteiger partial charge on any atom is -0.375 e. The van der Waals surface area contributed by atoms with Crippen molar-refractivity contribution in [1.29, 1.82) is 0 Å². The Balaban J connectivity index is 2.38. The molecule has 1 aromatic heterocycles. The molecule has 3 rings (SSSR count). The lowest BCUT2D eigenvalue weighted by Gasteiger charge is -2.33. The number of benzene rings is 1. The number of anilines is 1. The van der Waals surface area contributed by atoms with Crippen molar-refractivity contribution in [3.05, 3.63) is 32.5 Å². The molecule has 0 unspecified atom stereocenters. The second-order valence-electron chi connectivity index (χ2n) is 4.96. The van der Waals surface area contributed by atoms with Crippen LogP contribution in [0.15, 0.2) is 18.2 Å². The number of nitrogens with one attached hydrogen (secondary N) is 1. The van der Waals surface area contributed by atoms with Gasteiger partial charge in [0.05, 0.1) is 10.4 Å². The van der Waals surface area contributed by atoms with Crippen LogP contribution in [-0.2, 0) is 5.54 Å². The molecule has 1 aliphatic heterocycles. The van der Waals surface area contributed by atoms with Crippen LogP contribution in [0.4, 0.5) is 5.69 Å². The number of rotatable bonds is 0. The predicted octanol–water partition coefficient (Wildman–Crippen LogP) is 5.18. The highest BCUT2D eigenvalue weighted by Crippen LogP contribution is 2.48. The summed E-state index contributed by atoms with van der Waals surface area (Å²) in [7, 11) is 3.51. The molecule has 0 aliphatic carbocycles. The number of hydrogen-bond acceptors (Lipinski definition) is 4. The standard InChI is InChI=1S/C13H13NS3/c1-7-4-5-8-9(6-7)14-13(2,3)11-10(8)12(15)17-16-11/h4-6,14H,1-3H3. The second kappa shape index (κ2) is 3.64. The maximum atomic E-state index is 5.48. The van der Waals surface area contributed by atoms with Crippen LogP contribution in [0.25, 0.3) is 11.1 Å². The number of hydrogen-bond donors (Lipinski definition) is 1. The Morgan fingerprint density at radius 2 is 2.00 bits per heavy atom. The van der Waals surface area contributed by atoms with Gasteiger partial charge in [0.25, 0.3) is 0 Å². The minimum atomic E-state index is -0.0195. The summed E-state index contributed by atoms with van der Waals surface area (Å²) < 4.78 is 1.02. The van der Waals surface area contributed by atoms with Gasteiger partial charge in [-0.3, -0.25) is 0 Å². The molecule has 17 heavy (non-hydrogen) atoms. The molecular formula is C13H13NS3. The van der Waals surface area contributed by atoms with Gasteiger partial charge in [-0.15, -0.1) is 0 Å². The third kappa shape index (κ3) is 1.66. The van der Waals surface area contributed by atoms with Crippen molar-refractivity contribution in [3.8, 4) is 11.1 Å². The molecule has 0 amide bonds. The van der Waals surface area contributed by atoms with E-state index in [2.05, 4.69) is 44.3 Å². The Kier molecular flexibility index (Phi) is 2.44. The van der Waals surface area contributed by atoms with E-state index >= 15 is 0 Å². The molecule has 0 spiro atoms. The third-order valence-electron chi connectivity index (χ3n) is 3.09. The van der Waals surface area contributed by atoms with Gasteiger partial charge in [0.1, 0.15) is 3.82 Å². The molecule has 0 fully saturated rings. The van der Waals surface area contributed by atoms with Crippen molar-refractivity contribution in [2.75, 3.05) is 5.32 Å². The monoisotopic (exact) mass is 279 g/mol. The van der Waals surface area contributed by atoms with Crippen LogP contribution in [0, 0.1) is 10.7 Å². The van der Waals surface area contributed by atoms with Gasteiger partial charge in [-0.25, -0.2) is 0 Å². The first-order valence-electron chi connectivity index (χ1n) is 5.52. The SMILES string of the molecule is Cc1ccc2c(c1)NC(C)(C)c1ssc(=S)c1-2. The van der Waals surface area contributed by atoms with E-state index < -0.39 is 0 Å². The first-order valence-corrected chi connectivity index (χ1v) is 8.08. The molecule has 1 aliphatic rings. The topological polar surface area (TPSA) is 12.0 Å².